The Hall–Kier alpha value is -8.40. The molecule has 0 bridgehead atoms. The SMILES string of the molecule is Fc1cccc(-c2c3c(c(-c4cccc(F)c4)c4c5ccccc5c5ccccc5c24)-c2ccc(-c4ccc5c6c(cccc46)-c4c-5c(Cl)c5c6ccccc6c6ccccc6c5c4Cl)c4cccc-3c24)c1. The summed E-state index contributed by atoms with van der Waals surface area (Å²) >= 11 is 15.5. The molecule has 334 valence electrons. The molecule has 14 aromatic rings. The topological polar surface area (TPSA) is 0 Å². The largest absolute Gasteiger partial charge is 0.207 e. The van der Waals surface area contributed by atoms with Gasteiger partial charge in [0.05, 0.1) is 10.0 Å². The zero-order valence-corrected chi connectivity index (χ0v) is 39.7. The second-order valence-corrected chi connectivity index (χ2v) is 20.1. The molecule has 0 N–H and O–H groups in total. The highest BCUT2D eigenvalue weighted by atomic mass is 35.5. The molecule has 0 fully saturated rings. The first-order valence-electron chi connectivity index (χ1n) is 24.3. The van der Waals surface area contributed by atoms with Crippen LogP contribution in [0.4, 0.5) is 8.78 Å². The van der Waals surface area contributed by atoms with E-state index in [1.807, 2.05) is 12.1 Å². The maximum atomic E-state index is 15.8. The monoisotopic (exact) mass is 958 g/mol. The van der Waals surface area contributed by atoms with Crippen LogP contribution in [-0.4, -0.2) is 0 Å². The number of fused-ring (bicyclic) bond motifs is 18. The lowest BCUT2D eigenvalue weighted by Crippen LogP contribution is -1.96. The lowest BCUT2D eigenvalue weighted by molar-refractivity contribution is 0.628. The van der Waals surface area contributed by atoms with Gasteiger partial charge >= 0.3 is 0 Å². The van der Waals surface area contributed by atoms with E-state index in [9.17, 15) is 0 Å². The van der Waals surface area contributed by atoms with Crippen molar-refractivity contribution in [2.24, 2.45) is 0 Å². The highest BCUT2D eigenvalue weighted by Gasteiger charge is 2.35. The van der Waals surface area contributed by atoms with Gasteiger partial charge in [-0.25, -0.2) is 8.78 Å². The molecule has 0 atom stereocenters. The van der Waals surface area contributed by atoms with E-state index in [-0.39, 0.29) is 11.6 Å². The smallest absolute Gasteiger partial charge is 0.123 e. The van der Waals surface area contributed by atoms with E-state index in [0.717, 1.165) is 164 Å². The summed E-state index contributed by atoms with van der Waals surface area (Å²) in [6.45, 7) is 0. The molecule has 0 saturated carbocycles. The summed E-state index contributed by atoms with van der Waals surface area (Å²) in [5.74, 6) is -0.618. The Labute approximate surface area is 421 Å². The summed E-state index contributed by atoms with van der Waals surface area (Å²) in [5.41, 5.74) is 13.8. The maximum Gasteiger partial charge on any atom is 0.123 e. The predicted molar refractivity (Wildman–Crippen MR) is 302 cm³/mol. The van der Waals surface area contributed by atoms with Gasteiger partial charge in [-0.05, 0) is 166 Å². The fraction of sp³-hybridized carbons (Fsp3) is 0. The third-order valence-electron chi connectivity index (χ3n) is 15.9. The van der Waals surface area contributed by atoms with Crippen LogP contribution < -0.4 is 0 Å². The standard InChI is InChI=1S/C68H34Cl2F2/c69-67-63-49-23-7-3-19-41(49)42-20-4-8-24-50(42)64(63)68(70)66-54-32-30-44(46-26-12-28-52(58(46)54)65(66)67)43-29-31-53-57-45(43)25-11-27-51(57)61-55(35-13-9-15-37(71)33-35)59-47-21-5-1-17-39(47)40-18-2-6-22-48(40)60(59)56(62(53)61)36-14-10-16-38(72)34-36/h1-34H. The summed E-state index contributed by atoms with van der Waals surface area (Å²) < 4.78 is 31.5. The zero-order valence-electron chi connectivity index (χ0n) is 38.1. The minimum atomic E-state index is -0.309. The van der Waals surface area contributed by atoms with Crippen LogP contribution in [0, 0.1) is 11.6 Å². The van der Waals surface area contributed by atoms with E-state index < -0.39 is 0 Å². The first-order chi connectivity index (χ1) is 35.4. The molecule has 2 aliphatic carbocycles. The summed E-state index contributed by atoms with van der Waals surface area (Å²) in [5, 5.41) is 18.5. The van der Waals surface area contributed by atoms with Gasteiger partial charge in [-0.3, -0.25) is 0 Å². The van der Waals surface area contributed by atoms with E-state index >= 15 is 8.78 Å². The molecular weight excluding hydrogens is 926 g/mol. The number of hydrogen-bond acceptors (Lipinski definition) is 0. The fourth-order valence-electron chi connectivity index (χ4n) is 13.3. The van der Waals surface area contributed by atoms with Crippen LogP contribution in [0.3, 0.4) is 0 Å². The summed E-state index contributed by atoms with van der Waals surface area (Å²) in [4.78, 5) is 0. The van der Waals surface area contributed by atoms with Crippen LogP contribution in [0.5, 0.6) is 0 Å². The Morgan fingerprint density at radius 3 is 0.931 bits per heavy atom. The molecule has 0 saturated heterocycles. The normalized spacial score (nSPS) is 12.4. The van der Waals surface area contributed by atoms with Crippen LogP contribution in [0.1, 0.15) is 0 Å². The highest BCUT2D eigenvalue weighted by molar-refractivity contribution is 6.52. The molecular formula is C68H34Cl2F2. The second-order valence-electron chi connectivity index (χ2n) is 19.4. The first-order valence-corrected chi connectivity index (χ1v) is 25.0. The van der Waals surface area contributed by atoms with Gasteiger partial charge in [-0.15, -0.1) is 0 Å². The maximum absolute atomic E-state index is 15.8. The van der Waals surface area contributed by atoms with Crippen LogP contribution in [0.15, 0.2) is 206 Å². The van der Waals surface area contributed by atoms with E-state index in [1.165, 1.54) is 12.1 Å². The van der Waals surface area contributed by atoms with Crippen molar-refractivity contribution in [1.82, 2.24) is 0 Å². The van der Waals surface area contributed by atoms with Gasteiger partial charge < -0.3 is 0 Å². The fourth-order valence-corrected chi connectivity index (χ4v) is 14.0. The zero-order chi connectivity index (χ0) is 47.7. The molecule has 0 unspecified atom stereocenters. The summed E-state index contributed by atoms with van der Waals surface area (Å²) in [7, 11) is 0. The van der Waals surface area contributed by atoms with Gasteiger partial charge in [0.1, 0.15) is 11.6 Å². The van der Waals surface area contributed by atoms with E-state index in [2.05, 4.69) is 158 Å². The average molecular weight is 960 g/mol. The van der Waals surface area contributed by atoms with E-state index in [0.29, 0.717) is 10.0 Å². The molecule has 0 heterocycles. The Balaban J connectivity index is 1.02. The third-order valence-corrected chi connectivity index (χ3v) is 16.7. The van der Waals surface area contributed by atoms with Crippen LogP contribution in [0.25, 0.3) is 164 Å². The molecule has 72 heavy (non-hydrogen) atoms. The lowest BCUT2D eigenvalue weighted by atomic mass is 9.79. The second kappa shape index (κ2) is 14.6. The van der Waals surface area contributed by atoms with Gasteiger partial charge in [0.2, 0.25) is 0 Å². The van der Waals surface area contributed by atoms with Crippen molar-refractivity contribution in [3.8, 4) is 77.9 Å². The molecule has 4 heteroatoms. The van der Waals surface area contributed by atoms with Crippen molar-refractivity contribution in [2.75, 3.05) is 0 Å². The van der Waals surface area contributed by atoms with Crippen LogP contribution in [-0.2, 0) is 0 Å². The van der Waals surface area contributed by atoms with Crippen LogP contribution in [0.2, 0.25) is 10.0 Å². The van der Waals surface area contributed by atoms with E-state index in [4.69, 9.17) is 23.2 Å². The van der Waals surface area contributed by atoms with Gasteiger partial charge in [0.25, 0.3) is 0 Å². The molecule has 0 amide bonds. The van der Waals surface area contributed by atoms with Gasteiger partial charge in [0, 0.05) is 21.9 Å². The van der Waals surface area contributed by atoms with Gasteiger partial charge in [-0.2, -0.15) is 0 Å². The molecule has 16 rings (SSSR count). The minimum Gasteiger partial charge on any atom is -0.207 e. The Bertz CT molecular complexity index is 4620. The Morgan fingerprint density at radius 1 is 0.222 bits per heavy atom. The van der Waals surface area contributed by atoms with E-state index in [1.54, 1.807) is 24.3 Å². The molecule has 0 radical (unpaired) electrons. The van der Waals surface area contributed by atoms with Crippen molar-refractivity contribution < 1.29 is 8.78 Å². The van der Waals surface area contributed by atoms with Gasteiger partial charge in [0.15, 0.2) is 0 Å². The van der Waals surface area contributed by atoms with Crippen LogP contribution >= 0.6 is 23.2 Å². The first kappa shape index (κ1) is 40.3. The van der Waals surface area contributed by atoms with Crippen molar-refractivity contribution in [1.29, 1.82) is 0 Å². The lowest BCUT2D eigenvalue weighted by Gasteiger charge is -2.23. The highest BCUT2D eigenvalue weighted by Crippen LogP contribution is 2.62. The van der Waals surface area contributed by atoms with Crippen molar-refractivity contribution in [3.05, 3.63) is 228 Å². The average Bonchev–Trinajstić information content (AvgIpc) is 3.95. The minimum absolute atomic E-state index is 0.309. The van der Waals surface area contributed by atoms with Gasteiger partial charge in [-0.1, -0.05) is 205 Å². The predicted octanol–water partition coefficient (Wildman–Crippen LogP) is 20.8. The molecule has 0 spiro atoms. The Morgan fingerprint density at radius 2 is 0.528 bits per heavy atom. The molecule has 0 nitrogen and oxygen atoms in total. The van der Waals surface area contributed by atoms with Crippen molar-refractivity contribution in [2.45, 2.75) is 0 Å². The molecule has 0 aliphatic heterocycles. The number of benzene rings is 14. The molecule has 14 aromatic carbocycles. The molecule has 0 aromatic heterocycles. The summed E-state index contributed by atoms with van der Waals surface area (Å²) in [6, 6.07) is 70.1. The summed E-state index contributed by atoms with van der Waals surface area (Å²) in [6.07, 6.45) is 0. The number of rotatable bonds is 3. The third kappa shape index (κ3) is 5.15. The number of halogens is 4. The Kier molecular flexibility index (Phi) is 8.17. The quantitative estimate of drug-likeness (QED) is 0.155. The number of hydrogen-bond donors (Lipinski definition) is 0. The molecule has 2 aliphatic rings. The van der Waals surface area contributed by atoms with Crippen molar-refractivity contribution >= 4 is 109 Å². The van der Waals surface area contributed by atoms with Crippen molar-refractivity contribution in [3.63, 3.8) is 0 Å².